The second kappa shape index (κ2) is 7.12. The van der Waals surface area contributed by atoms with Crippen molar-refractivity contribution in [2.75, 3.05) is 13.7 Å². The normalized spacial score (nSPS) is 26.6. The Morgan fingerprint density at radius 1 is 1.14 bits per heavy atom. The van der Waals surface area contributed by atoms with Crippen molar-refractivity contribution in [1.82, 2.24) is 0 Å². The number of rotatable bonds is 3. The molecule has 3 atom stereocenters. The van der Waals surface area contributed by atoms with Crippen LogP contribution >= 0.6 is 0 Å². The number of ketones is 1. The molecule has 1 fully saturated rings. The Balaban J connectivity index is 2.37. The van der Waals surface area contributed by atoms with E-state index in [4.69, 9.17) is 14.2 Å². The maximum absolute atomic E-state index is 13.5. The van der Waals surface area contributed by atoms with Gasteiger partial charge in [0.05, 0.1) is 12.7 Å². The van der Waals surface area contributed by atoms with Gasteiger partial charge >= 0.3 is 5.97 Å². The lowest BCUT2D eigenvalue weighted by Gasteiger charge is -2.41. The second-order valence-corrected chi connectivity index (χ2v) is 10.3. The summed E-state index contributed by atoms with van der Waals surface area (Å²) in [7, 11) is 1.55. The molecule has 0 unspecified atom stereocenters. The van der Waals surface area contributed by atoms with Crippen molar-refractivity contribution in [3.63, 3.8) is 0 Å². The lowest BCUT2D eigenvalue weighted by molar-refractivity contribution is -0.165. The molecule has 2 aliphatic rings. The molecule has 0 spiro atoms. The Hall–Kier alpha value is -1.88. The van der Waals surface area contributed by atoms with Crippen molar-refractivity contribution in [3.05, 3.63) is 28.8 Å². The number of Topliss-reactive ketones (excluding diaryl/α,β-unsaturated/α-hetero) is 1. The van der Waals surface area contributed by atoms with Crippen LogP contribution in [0, 0.1) is 0 Å². The number of hydrogen-bond donors (Lipinski definition) is 0. The second-order valence-electron chi connectivity index (χ2n) is 10.3. The highest BCUT2D eigenvalue weighted by Gasteiger charge is 2.64. The van der Waals surface area contributed by atoms with Crippen LogP contribution in [0.1, 0.15) is 78.0 Å². The van der Waals surface area contributed by atoms with Gasteiger partial charge < -0.3 is 14.2 Å². The summed E-state index contributed by atoms with van der Waals surface area (Å²) in [6.07, 6.45) is -0.864. The van der Waals surface area contributed by atoms with E-state index in [1.807, 2.05) is 0 Å². The first-order valence-corrected chi connectivity index (χ1v) is 10.4. The van der Waals surface area contributed by atoms with E-state index in [1.54, 1.807) is 14.0 Å². The molecule has 5 nitrogen and oxygen atoms in total. The summed E-state index contributed by atoms with van der Waals surface area (Å²) in [5.41, 5.74) is 1.53. The number of fused-ring (bicyclic) bond motifs is 3. The molecule has 0 amide bonds. The minimum Gasteiger partial charge on any atom is -0.488 e. The van der Waals surface area contributed by atoms with Crippen molar-refractivity contribution in [1.29, 1.82) is 0 Å². The summed E-state index contributed by atoms with van der Waals surface area (Å²) in [4.78, 5) is 25.9. The van der Waals surface area contributed by atoms with Gasteiger partial charge in [-0.15, -0.1) is 0 Å². The Bertz CT molecular complexity index is 827. The predicted octanol–water partition coefficient (Wildman–Crippen LogP) is 4.22. The maximum Gasteiger partial charge on any atom is 0.323 e. The van der Waals surface area contributed by atoms with Gasteiger partial charge in [0, 0.05) is 31.1 Å². The van der Waals surface area contributed by atoms with Gasteiger partial charge in [-0.2, -0.15) is 0 Å². The zero-order chi connectivity index (χ0) is 21.8. The fourth-order valence-electron chi connectivity index (χ4n) is 4.60. The highest BCUT2D eigenvalue weighted by molar-refractivity contribution is 5.93. The van der Waals surface area contributed by atoms with Gasteiger partial charge in [0.25, 0.3) is 0 Å². The molecule has 1 aromatic rings. The lowest BCUT2D eigenvalue weighted by atomic mass is 9.64. The molecular weight excluding hydrogens is 368 g/mol. The largest absolute Gasteiger partial charge is 0.488 e. The van der Waals surface area contributed by atoms with E-state index in [9.17, 15) is 9.59 Å². The summed E-state index contributed by atoms with van der Waals surface area (Å²) < 4.78 is 17.7. The van der Waals surface area contributed by atoms with Crippen molar-refractivity contribution < 1.29 is 23.8 Å². The van der Waals surface area contributed by atoms with Gasteiger partial charge in [0.1, 0.15) is 17.6 Å². The number of hydrogen-bond acceptors (Lipinski definition) is 5. The molecule has 1 heterocycles. The molecule has 1 aliphatic carbocycles. The SMILES string of the molecule is CCOC(=O)[C@]12c3cc(C(C)(C)C)cc(C(C)(C)C)c3O[C@H]1CC(=O)C[C@H]2OC. The van der Waals surface area contributed by atoms with Crippen LogP contribution in [0.3, 0.4) is 0 Å². The lowest BCUT2D eigenvalue weighted by Crippen LogP contribution is -2.59. The van der Waals surface area contributed by atoms with Crippen molar-refractivity contribution in [3.8, 4) is 5.75 Å². The van der Waals surface area contributed by atoms with E-state index in [-0.39, 0.29) is 42.0 Å². The zero-order valence-electron chi connectivity index (χ0n) is 19.0. The van der Waals surface area contributed by atoms with Crippen LogP contribution in [0.5, 0.6) is 5.75 Å². The van der Waals surface area contributed by atoms with Crippen molar-refractivity contribution in [2.45, 2.75) is 89.8 Å². The Kier molecular flexibility index (Phi) is 5.36. The van der Waals surface area contributed by atoms with E-state index in [2.05, 4.69) is 53.7 Å². The van der Waals surface area contributed by atoms with Crippen LogP contribution in [-0.4, -0.2) is 37.7 Å². The van der Waals surface area contributed by atoms with E-state index in [0.717, 1.165) is 16.7 Å². The number of ether oxygens (including phenoxy) is 3. The predicted molar refractivity (Wildman–Crippen MR) is 112 cm³/mol. The fourth-order valence-corrected chi connectivity index (χ4v) is 4.60. The molecule has 5 heteroatoms. The van der Waals surface area contributed by atoms with Crippen LogP contribution in [0.15, 0.2) is 12.1 Å². The van der Waals surface area contributed by atoms with Gasteiger partial charge in [-0.1, -0.05) is 53.7 Å². The standard InChI is InChI=1S/C24H34O5/c1-9-28-21(26)24-17-11-14(22(2,3)4)10-16(23(5,6)7)20(17)29-19(24)13-15(25)12-18(24)27-8/h10-11,18-19H,9,12-13H2,1-8H3/t18-,19+,24+/m1/s1. The summed E-state index contributed by atoms with van der Waals surface area (Å²) in [6, 6.07) is 4.25. The van der Waals surface area contributed by atoms with Gasteiger partial charge in [0.2, 0.25) is 0 Å². The van der Waals surface area contributed by atoms with Crippen LogP contribution in [0.2, 0.25) is 0 Å². The number of methoxy groups -OCH3 is 1. The molecule has 1 aromatic carbocycles. The van der Waals surface area contributed by atoms with Crippen LogP contribution < -0.4 is 4.74 Å². The number of carbonyl (C=O) groups is 2. The van der Waals surface area contributed by atoms with E-state index >= 15 is 0 Å². The quantitative estimate of drug-likeness (QED) is 0.709. The molecule has 3 rings (SSSR count). The first kappa shape index (κ1) is 21.8. The highest BCUT2D eigenvalue weighted by Crippen LogP contribution is 2.55. The third-order valence-corrected chi connectivity index (χ3v) is 6.21. The summed E-state index contributed by atoms with van der Waals surface area (Å²) in [5, 5.41) is 0. The van der Waals surface area contributed by atoms with Crippen molar-refractivity contribution >= 4 is 11.8 Å². The van der Waals surface area contributed by atoms with Crippen LogP contribution in [-0.2, 0) is 35.3 Å². The molecule has 29 heavy (non-hydrogen) atoms. The molecule has 1 saturated carbocycles. The fraction of sp³-hybridized carbons (Fsp3) is 0.667. The number of benzene rings is 1. The number of carbonyl (C=O) groups excluding carboxylic acids is 2. The average Bonchev–Trinajstić information content (AvgIpc) is 2.93. The maximum atomic E-state index is 13.5. The van der Waals surface area contributed by atoms with E-state index in [0.29, 0.717) is 5.75 Å². The topological polar surface area (TPSA) is 61.8 Å². The minimum atomic E-state index is -1.13. The van der Waals surface area contributed by atoms with Gasteiger partial charge in [-0.05, 0) is 23.3 Å². The molecule has 1 aliphatic heterocycles. The molecule has 0 aromatic heterocycles. The van der Waals surface area contributed by atoms with Gasteiger partial charge in [-0.3, -0.25) is 9.59 Å². The molecule has 0 bridgehead atoms. The average molecular weight is 403 g/mol. The highest BCUT2D eigenvalue weighted by atomic mass is 16.6. The Labute approximate surface area is 174 Å². The molecule has 0 N–H and O–H groups in total. The Morgan fingerprint density at radius 3 is 2.31 bits per heavy atom. The van der Waals surface area contributed by atoms with Gasteiger partial charge in [0.15, 0.2) is 5.41 Å². The number of esters is 1. The summed E-state index contributed by atoms with van der Waals surface area (Å²) in [5.74, 6) is 0.386. The Morgan fingerprint density at radius 2 is 1.79 bits per heavy atom. The monoisotopic (exact) mass is 402 g/mol. The van der Waals surface area contributed by atoms with E-state index < -0.39 is 17.6 Å². The summed E-state index contributed by atoms with van der Waals surface area (Å²) >= 11 is 0. The molecule has 0 radical (unpaired) electrons. The molecular formula is C24H34O5. The van der Waals surface area contributed by atoms with E-state index in [1.165, 1.54) is 0 Å². The van der Waals surface area contributed by atoms with Crippen LogP contribution in [0.25, 0.3) is 0 Å². The first-order chi connectivity index (χ1) is 13.4. The zero-order valence-corrected chi connectivity index (χ0v) is 19.0. The molecule has 0 saturated heterocycles. The molecule has 160 valence electrons. The first-order valence-electron chi connectivity index (χ1n) is 10.4. The van der Waals surface area contributed by atoms with Crippen LogP contribution in [0.4, 0.5) is 0 Å². The minimum absolute atomic E-state index is 0.0444. The third kappa shape index (κ3) is 3.37. The van der Waals surface area contributed by atoms with Crippen molar-refractivity contribution in [2.24, 2.45) is 0 Å². The summed E-state index contributed by atoms with van der Waals surface area (Å²) in [6.45, 7) is 14.9. The third-order valence-electron chi connectivity index (χ3n) is 6.21. The smallest absolute Gasteiger partial charge is 0.323 e. The van der Waals surface area contributed by atoms with Gasteiger partial charge in [-0.25, -0.2) is 0 Å².